The van der Waals surface area contributed by atoms with Crippen LogP contribution in [0.25, 0.3) is 0 Å². The van der Waals surface area contributed by atoms with E-state index >= 15 is 0 Å². The number of hydrogen-bond acceptors (Lipinski definition) is 3. The van der Waals surface area contributed by atoms with Gasteiger partial charge < -0.3 is 9.84 Å². The van der Waals surface area contributed by atoms with E-state index < -0.39 is 5.60 Å². The summed E-state index contributed by atoms with van der Waals surface area (Å²) in [5, 5.41) is 9.75. The number of ether oxygens (including phenoxy) is 1. The predicted molar refractivity (Wildman–Crippen MR) is 49.1 cm³/mol. The number of methoxy groups -OCH3 is 1. The third kappa shape index (κ3) is 1.98. The quantitative estimate of drug-likeness (QED) is 0.619. The van der Waals surface area contributed by atoms with Gasteiger partial charge in [0, 0.05) is 0 Å². The topological polar surface area (TPSA) is 46.5 Å². The average molecular weight is 182 g/mol. The highest BCUT2D eigenvalue weighted by atomic mass is 16.5. The molecule has 0 spiro atoms. The van der Waals surface area contributed by atoms with Gasteiger partial charge in [-0.1, -0.05) is 6.08 Å². The Morgan fingerprint density at radius 1 is 1.69 bits per heavy atom. The maximum atomic E-state index is 11.1. The fourth-order valence-electron chi connectivity index (χ4n) is 1.18. The third-order valence-electron chi connectivity index (χ3n) is 2.36. The van der Waals surface area contributed by atoms with Crippen molar-refractivity contribution in [3.63, 3.8) is 0 Å². The first-order valence-corrected chi connectivity index (χ1v) is 4.17. The lowest BCUT2D eigenvalue weighted by atomic mass is 9.87. The van der Waals surface area contributed by atoms with Crippen LogP contribution in [0.2, 0.25) is 0 Å². The monoisotopic (exact) mass is 182 g/mol. The molecule has 1 aliphatic carbocycles. The zero-order valence-corrected chi connectivity index (χ0v) is 8.13. The molecular formula is C10H14O3. The Kier molecular flexibility index (Phi) is 2.57. The van der Waals surface area contributed by atoms with Gasteiger partial charge in [-0.3, -0.25) is 0 Å². The van der Waals surface area contributed by atoms with Crippen LogP contribution in [-0.2, 0) is 9.53 Å². The largest absolute Gasteiger partial charge is 0.465 e. The van der Waals surface area contributed by atoms with Crippen molar-refractivity contribution < 1.29 is 14.6 Å². The molecule has 1 aliphatic rings. The Morgan fingerprint density at radius 2 is 2.31 bits per heavy atom. The normalized spacial score (nSPS) is 27.7. The van der Waals surface area contributed by atoms with Crippen LogP contribution in [0, 0.1) is 0 Å². The van der Waals surface area contributed by atoms with Crippen molar-refractivity contribution >= 4 is 5.97 Å². The maximum absolute atomic E-state index is 11.1. The van der Waals surface area contributed by atoms with Gasteiger partial charge in [0.1, 0.15) is 0 Å². The summed E-state index contributed by atoms with van der Waals surface area (Å²) in [6, 6.07) is 0. The SMILES string of the molecule is COC(=O)C1=CCC(C)(O)C(C)=C1. The molecule has 3 nitrogen and oxygen atoms in total. The summed E-state index contributed by atoms with van der Waals surface area (Å²) in [7, 11) is 1.35. The molecule has 0 aromatic carbocycles. The van der Waals surface area contributed by atoms with Gasteiger partial charge in [0.15, 0.2) is 0 Å². The van der Waals surface area contributed by atoms with Crippen molar-refractivity contribution in [1.29, 1.82) is 0 Å². The van der Waals surface area contributed by atoms with Crippen LogP contribution >= 0.6 is 0 Å². The standard InChI is InChI=1S/C10H14O3/c1-7-6-8(9(11)13-3)4-5-10(7,2)12/h4,6,12H,5H2,1-3H3. The molecule has 72 valence electrons. The van der Waals surface area contributed by atoms with Crippen molar-refractivity contribution in [2.45, 2.75) is 25.9 Å². The molecule has 0 aromatic heterocycles. The number of esters is 1. The second-order valence-electron chi connectivity index (χ2n) is 3.46. The lowest BCUT2D eigenvalue weighted by Crippen LogP contribution is -2.28. The Hall–Kier alpha value is -1.09. The van der Waals surface area contributed by atoms with Crippen LogP contribution in [0.1, 0.15) is 20.3 Å². The van der Waals surface area contributed by atoms with E-state index in [1.807, 2.05) is 0 Å². The minimum Gasteiger partial charge on any atom is -0.465 e. The van der Waals surface area contributed by atoms with Gasteiger partial charge in [-0.25, -0.2) is 4.79 Å². The van der Waals surface area contributed by atoms with Crippen LogP contribution in [0.15, 0.2) is 23.3 Å². The fraction of sp³-hybridized carbons (Fsp3) is 0.500. The first kappa shape index (κ1) is 9.99. The molecule has 1 atom stereocenters. The molecule has 3 heteroatoms. The van der Waals surface area contributed by atoms with Crippen molar-refractivity contribution in [1.82, 2.24) is 0 Å². The van der Waals surface area contributed by atoms with Crippen LogP contribution in [0.3, 0.4) is 0 Å². The zero-order valence-electron chi connectivity index (χ0n) is 8.13. The van der Waals surface area contributed by atoms with Crippen molar-refractivity contribution in [3.8, 4) is 0 Å². The summed E-state index contributed by atoms with van der Waals surface area (Å²) >= 11 is 0. The van der Waals surface area contributed by atoms with Gasteiger partial charge in [0.25, 0.3) is 0 Å². The molecule has 0 saturated heterocycles. The summed E-state index contributed by atoms with van der Waals surface area (Å²) in [5.74, 6) is -0.352. The van der Waals surface area contributed by atoms with Gasteiger partial charge >= 0.3 is 5.97 Å². The van der Waals surface area contributed by atoms with E-state index in [1.165, 1.54) is 7.11 Å². The zero-order chi connectivity index (χ0) is 10.1. The summed E-state index contributed by atoms with van der Waals surface area (Å²) in [6.07, 6.45) is 3.81. The van der Waals surface area contributed by atoms with Crippen LogP contribution in [0.4, 0.5) is 0 Å². The van der Waals surface area contributed by atoms with E-state index in [9.17, 15) is 9.90 Å². The van der Waals surface area contributed by atoms with E-state index in [-0.39, 0.29) is 5.97 Å². The average Bonchev–Trinajstić information content (AvgIpc) is 2.08. The number of rotatable bonds is 1. The summed E-state index contributed by atoms with van der Waals surface area (Å²) < 4.78 is 4.57. The molecule has 13 heavy (non-hydrogen) atoms. The Labute approximate surface area is 77.7 Å². The summed E-state index contributed by atoms with van der Waals surface area (Å²) in [5.41, 5.74) is 0.485. The maximum Gasteiger partial charge on any atom is 0.337 e. The molecule has 0 amide bonds. The Bertz CT molecular complexity index is 285. The number of carbonyl (C=O) groups excluding carboxylic acids is 1. The van der Waals surface area contributed by atoms with E-state index in [1.54, 1.807) is 26.0 Å². The Morgan fingerprint density at radius 3 is 2.77 bits per heavy atom. The number of carbonyl (C=O) groups is 1. The highest BCUT2D eigenvalue weighted by molar-refractivity contribution is 5.92. The van der Waals surface area contributed by atoms with Gasteiger partial charge in [-0.15, -0.1) is 0 Å². The van der Waals surface area contributed by atoms with E-state index in [4.69, 9.17) is 0 Å². The first-order chi connectivity index (χ1) is 5.97. The smallest absolute Gasteiger partial charge is 0.337 e. The number of hydrogen-bond donors (Lipinski definition) is 1. The van der Waals surface area contributed by atoms with Crippen molar-refractivity contribution in [2.24, 2.45) is 0 Å². The van der Waals surface area contributed by atoms with Gasteiger partial charge in [-0.05, 0) is 31.9 Å². The lowest BCUT2D eigenvalue weighted by Gasteiger charge is -2.26. The van der Waals surface area contributed by atoms with E-state index in [0.29, 0.717) is 12.0 Å². The molecule has 1 rings (SSSR count). The molecule has 0 aliphatic heterocycles. The molecule has 0 fully saturated rings. The molecule has 0 saturated carbocycles. The second-order valence-corrected chi connectivity index (χ2v) is 3.46. The van der Waals surface area contributed by atoms with Gasteiger partial charge in [-0.2, -0.15) is 0 Å². The molecule has 1 unspecified atom stereocenters. The van der Waals surface area contributed by atoms with Gasteiger partial charge in [0.05, 0.1) is 18.3 Å². The van der Waals surface area contributed by atoms with E-state index in [0.717, 1.165) is 5.57 Å². The Balaban J connectivity index is 2.88. The highest BCUT2D eigenvalue weighted by Crippen LogP contribution is 2.27. The second kappa shape index (κ2) is 3.34. The minimum atomic E-state index is -0.822. The fourth-order valence-corrected chi connectivity index (χ4v) is 1.18. The molecular weight excluding hydrogens is 168 g/mol. The molecule has 0 radical (unpaired) electrons. The van der Waals surface area contributed by atoms with E-state index in [2.05, 4.69) is 4.74 Å². The molecule has 0 heterocycles. The minimum absolute atomic E-state index is 0.352. The van der Waals surface area contributed by atoms with Crippen molar-refractivity contribution in [3.05, 3.63) is 23.3 Å². The van der Waals surface area contributed by atoms with Crippen LogP contribution in [0.5, 0.6) is 0 Å². The molecule has 1 N–H and O–H groups in total. The molecule has 0 bridgehead atoms. The molecule has 0 aromatic rings. The lowest BCUT2D eigenvalue weighted by molar-refractivity contribution is -0.135. The summed E-state index contributed by atoms with van der Waals surface area (Å²) in [6.45, 7) is 3.53. The van der Waals surface area contributed by atoms with Crippen LogP contribution in [-0.4, -0.2) is 23.8 Å². The predicted octanol–water partition coefficient (Wildman–Crippen LogP) is 1.19. The summed E-state index contributed by atoms with van der Waals surface area (Å²) in [4.78, 5) is 11.1. The van der Waals surface area contributed by atoms with Crippen LogP contribution < -0.4 is 0 Å². The third-order valence-corrected chi connectivity index (χ3v) is 2.36. The highest BCUT2D eigenvalue weighted by Gasteiger charge is 2.26. The van der Waals surface area contributed by atoms with Gasteiger partial charge in [0.2, 0.25) is 0 Å². The van der Waals surface area contributed by atoms with Crippen molar-refractivity contribution in [2.75, 3.05) is 7.11 Å². The number of aliphatic hydroxyl groups is 1. The first-order valence-electron chi connectivity index (χ1n) is 4.17.